The molecule has 1 aliphatic rings. The van der Waals surface area contributed by atoms with Crippen molar-refractivity contribution in [2.24, 2.45) is 5.73 Å². The van der Waals surface area contributed by atoms with E-state index in [4.69, 9.17) is 10.7 Å². The summed E-state index contributed by atoms with van der Waals surface area (Å²) in [4.78, 5) is 21.3. The first-order valence-electron chi connectivity index (χ1n) is 6.85. The summed E-state index contributed by atoms with van der Waals surface area (Å²) in [6.45, 7) is 5.42. The van der Waals surface area contributed by atoms with E-state index < -0.39 is 0 Å². The van der Waals surface area contributed by atoms with E-state index in [1.165, 1.54) is 0 Å². The predicted octanol–water partition coefficient (Wildman–Crippen LogP) is 0.913. The molecule has 1 saturated heterocycles. The van der Waals surface area contributed by atoms with Gasteiger partial charge >= 0.3 is 0 Å². The summed E-state index contributed by atoms with van der Waals surface area (Å²) in [6.07, 6.45) is 2.98. The van der Waals surface area contributed by atoms with Crippen LogP contribution in [0, 0.1) is 0 Å². The summed E-state index contributed by atoms with van der Waals surface area (Å²) in [5.41, 5.74) is 6.95. The van der Waals surface area contributed by atoms with Gasteiger partial charge in [0.1, 0.15) is 0 Å². The Labute approximate surface area is 121 Å². The fourth-order valence-corrected chi connectivity index (χ4v) is 3.44. The van der Waals surface area contributed by atoms with Crippen LogP contribution in [-0.2, 0) is 11.3 Å². The van der Waals surface area contributed by atoms with Gasteiger partial charge in [-0.05, 0) is 6.42 Å². The van der Waals surface area contributed by atoms with Gasteiger partial charge in [0.05, 0.1) is 5.69 Å². The first-order chi connectivity index (χ1) is 9.70. The molecule has 2 N–H and O–H groups in total. The quantitative estimate of drug-likeness (QED) is 0.894. The molecule has 2 aromatic heterocycles. The Morgan fingerprint density at radius 3 is 3.00 bits per heavy atom. The van der Waals surface area contributed by atoms with Crippen molar-refractivity contribution < 1.29 is 4.79 Å². The molecule has 0 aromatic carbocycles. The number of thiazole rings is 1. The van der Waals surface area contributed by atoms with Gasteiger partial charge in [-0.25, -0.2) is 4.98 Å². The monoisotopic (exact) mass is 293 g/mol. The third kappa shape index (κ3) is 2.27. The van der Waals surface area contributed by atoms with E-state index in [1.54, 1.807) is 18.3 Å². The summed E-state index contributed by atoms with van der Waals surface area (Å²) in [5, 5.41) is 2.02. The lowest BCUT2D eigenvalue weighted by atomic mass is 10.3. The van der Waals surface area contributed by atoms with E-state index in [9.17, 15) is 4.79 Å². The van der Waals surface area contributed by atoms with E-state index >= 15 is 0 Å². The average Bonchev–Trinajstić information content (AvgIpc) is 2.90. The number of carbonyl (C=O) groups excluding carboxylic acids is 1. The van der Waals surface area contributed by atoms with Crippen LogP contribution in [0.2, 0.25) is 0 Å². The zero-order chi connectivity index (χ0) is 14.1. The highest BCUT2D eigenvalue weighted by Gasteiger charge is 2.22. The minimum atomic E-state index is 0.150. The number of nitrogens with two attached hydrogens (primary N) is 1. The molecule has 0 atom stereocenters. The molecule has 7 heteroatoms. The number of fused-ring (bicyclic) bond motifs is 1. The molecule has 108 valence electrons. The van der Waals surface area contributed by atoms with Gasteiger partial charge in [-0.3, -0.25) is 9.20 Å². The van der Waals surface area contributed by atoms with Gasteiger partial charge in [0, 0.05) is 51.2 Å². The van der Waals surface area contributed by atoms with Gasteiger partial charge in [0.2, 0.25) is 5.91 Å². The first-order valence-corrected chi connectivity index (χ1v) is 7.73. The lowest BCUT2D eigenvalue weighted by Crippen LogP contribution is -2.34. The molecule has 20 heavy (non-hydrogen) atoms. The Bertz CT molecular complexity index is 619. The van der Waals surface area contributed by atoms with E-state index in [0.29, 0.717) is 6.54 Å². The summed E-state index contributed by atoms with van der Waals surface area (Å²) in [7, 11) is 0. The fourth-order valence-electron chi connectivity index (χ4n) is 2.71. The highest BCUT2D eigenvalue weighted by molar-refractivity contribution is 7.15. The van der Waals surface area contributed by atoms with Crippen molar-refractivity contribution >= 4 is 28.0 Å². The number of rotatable bonds is 2. The number of nitrogens with zero attached hydrogens (tertiary/aromatic N) is 4. The second-order valence-electron chi connectivity index (χ2n) is 4.99. The topological polar surface area (TPSA) is 66.9 Å². The molecule has 1 aliphatic heterocycles. The minimum absolute atomic E-state index is 0.150. The maximum atomic E-state index is 11.5. The third-order valence-corrected chi connectivity index (χ3v) is 4.53. The van der Waals surface area contributed by atoms with Crippen LogP contribution in [0.1, 0.15) is 19.0 Å². The van der Waals surface area contributed by atoms with Gasteiger partial charge in [0.15, 0.2) is 10.8 Å². The van der Waals surface area contributed by atoms with Crippen molar-refractivity contribution in [2.75, 3.05) is 31.1 Å². The van der Waals surface area contributed by atoms with E-state index in [-0.39, 0.29) is 5.91 Å². The molecule has 0 aliphatic carbocycles. The minimum Gasteiger partial charge on any atom is -0.353 e. The van der Waals surface area contributed by atoms with Gasteiger partial charge in [-0.2, -0.15) is 0 Å². The van der Waals surface area contributed by atoms with Crippen LogP contribution in [0.5, 0.6) is 0 Å². The second-order valence-corrected chi connectivity index (χ2v) is 5.86. The number of carbonyl (C=O) groups is 1. The van der Waals surface area contributed by atoms with Crippen LogP contribution in [0.15, 0.2) is 11.6 Å². The molecular weight excluding hydrogens is 274 g/mol. The molecule has 6 nitrogen and oxygen atoms in total. The summed E-state index contributed by atoms with van der Waals surface area (Å²) >= 11 is 1.62. The van der Waals surface area contributed by atoms with Crippen molar-refractivity contribution in [3.63, 3.8) is 0 Å². The lowest BCUT2D eigenvalue weighted by Gasteiger charge is -2.22. The lowest BCUT2D eigenvalue weighted by molar-refractivity contribution is -0.128. The second kappa shape index (κ2) is 5.41. The maximum absolute atomic E-state index is 11.5. The Morgan fingerprint density at radius 1 is 1.40 bits per heavy atom. The molecule has 3 rings (SSSR count). The highest BCUT2D eigenvalue weighted by Crippen LogP contribution is 2.25. The normalized spacial score (nSPS) is 16.7. The zero-order valence-electron chi connectivity index (χ0n) is 11.6. The van der Waals surface area contributed by atoms with Gasteiger partial charge < -0.3 is 15.5 Å². The molecule has 3 heterocycles. The molecule has 0 bridgehead atoms. The standard InChI is InChI=1S/C13H19N5OS/c1-10(19)16-3-2-4-17(6-5-16)12-11(9-14)18-7-8-20-13(18)15-12/h7-8H,2-6,9,14H2,1H3. The maximum Gasteiger partial charge on any atom is 0.219 e. The number of imidazole rings is 1. The Balaban J connectivity index is 1.87. The zero-order valence-corrected chi connectivity index (χ0v) is 12.4. The molecule has 2 aromatic rings. The number of aromatic nitrogens is 2. The molecule has 1 fully saturated rings. The Morgan fingerprint density at radius 2 is 2.25 bits per heavy atom. The van der Waals surface area contributed by atoms with E-state index in [1.807, 2.05) is 16.5 Å². The first kappa shape index (κ1) is 13.4. The van der Waals surface area contributed by atoms with E-state index in [2.05, 4.69) is 9.30 Å². The molecule has 0 spiro atoms. The summed E-state index contributed by atoms with van der Waals surface area (Å²) < 4.78 is 2.06. The van der Waals surface area contributed by atoms with Crippen molar-refractivity contribution in [3.8, 4) is 0 Å². The Hall–Kier alpha value is -1.60. The van der Waals surface area contributed by atoms with Crippen LogP contribution in [0.4, 0.5) is 5.82 Å². The Kier molecular flexibility index (Phi) is 3.62. The van der Waals surface area contributed by atoms with Crippen LogP contribution in [0.25, 0.3) is 4.96 Å². The van der Waals surface area contributed by atoms with E-state index in [0.717, 1.165) is 49.1 Å². The van der Waals surface area contributed by atoms with Crippen molar-refractivity contribution in [3.05, 3.63) is 17.3 Å². The van der Waals surface area contributed by atoms with Gasteiger partial charge in [-0.1, -0.05) is 0 Å². The smallest absolute Gasteiger partial charge is 0.219 e. The number of hydrogen-bond acceptors (Lipinski definition) is 5. The van der Waals surface area contributed by atoms with Crippen LogP contribution < -0.4 is 10.6 Å². The van der Waals surface area contributed by atoms with Crippen molar-refractivity contribution in [1.29, 1.82) is 0 Å². The highest BCUT2D eigenvalue weighted by atomic mass is 32.1. The number of anilines is 1. The average molecular weight is 293 g/mol. The van der Waals surface area contributed by atoms with Crippen molar-refractivity contribution in [1.82, 2.24) is 14.3 Å². The van der Waals surface area contributed by atoms with Gasteiger partial charge in [0.25, 0.3) is 0 Å². The number of hydrogen-bond donors (Lipinski definition) is 1. The molecule has 0 unspecified atom stereocenters. The third-order valence-electron chi connectivity index (χ3n) is 3.77. The summed E-state index contributed by atoms with van der Waals surface area (Å²) in [6, 6.07) is 0. The van der Waals surface area contributed by atoms with Gasteiger partial charge in [-0.15, -0.1) is 11.3 Å². The molecule has 0 saturated carbocycles. The molecular formula is C13H19N5OS. The predicted molar refractivity (Wildman–Crippen MR) is 80.0 cm³/mol. The number of amides is 1. The van der Waals surface area contributed by atoms with Crippen LogP contribution in [-0.4, -0.2) is 46.4 Å². The molecule has 1 amide bonds. The SMILES string of the molecule is CC(=O)N1CCCN(c2nc3sccn3c2CN)CC1. The van der Waals surface area contributed by atoms with Crippen LogP contribution in [0.3, 0.4) is 0 Å². The van der Waals surface area contributed by atoms with Crippen molar-refractivity contribution in [2.45, 2.75) is 19.9 Å². The largest absolute Gasteiger partial charge is 0.353 e. The van der Waals surface area contributed by atoms with Crippen LogP contribution >= 0.6 is 11.3 Å². The molecule has 0 radical (unpaired) electrons. The summed E-state index contributed by atoms with van der Waals surface area (Å²) in [5.74, 6) is 1.13. The fraction of sp³-hybridized carbons (Fsp3) is 0.538.